The van der Waals surface area contributed by atoms with Crippen LogP contribution in [0.1, 0.15) is 46.5 Å². The first-order chi connectivity index (χ1) is 6.18. The van der Waals surface area contributed by atoms with Crippen molar-refractivity contribution >= 4 is 18.6 Å². The maximum Gasteiger partial charge on any atom is 0.226 e. The molecule has 0 bridgehead atoms. The molecule has 0 saturated heterocycles. The van der Waals surface area contributed by atoms with E-state index in [0.717, 1.165) is 6.54 Å². The number of hydrogen-bond donors (Lipinski definition) is 1. The molecule has 13 heavy (non-hydrogen) atoms. The van der Waals surface area contributed by atoms with E-state index < -0.39 is 7.55 Å². The van der Waals surface area contributed by atoms with Gasteiger partial charge in [0.15, 0.2) is 0 Å². The highest BCUT2D eigenvalue weighted by molar-refractivity contribution is 7.19. The third kappa shape index (κ3) is 6.53. The molecule has 0 radical (unpaired) electrons. The Morgan fingerprint density at radius 3 is 1.77 bits per heavy atom. The van der Waals surface area contributed by atoms with Crippen molar-refractivity contribution in [1.29, 1.82) is 0 Å². The van der Waals surface area contributed by atoms with Crippen LogP contribution in [0.5, 0.6) is 0 Å². The highest BCUT2D eigenvalue weighted by Gasteiger charge is 2.28. The number of hydrogen-bond acceptors (Lipinski definition) is 1. The SMILES string of the molecule is CCCC[Si](Cl)(CCCC)NCC. The largest absolute Gasteiger partial charge is 0.326 e. The third-order valence-corrected chi connectivity index (χ3v) is 7.16. The van der Waals surface area contributed by atoms with Crippen molar-refractivity contribution in [3.63, 3.8) is 0 Å². The van der Waals surface area contributed by atoms with Gasteiger partial charge in [0.25, 0.3) is 0 Å². The monoisotopic (exact) mass is 221 g/mol. The quantitative estimate of drug-likeness (QED) is 0.485. The standard InChI is InChI=1S/C10H24ClNSi/c1-4-7-9-13(11,12-6-3)10-8-5-2/h12H,4-10H2,1-3H3. The molecule has 0 atom stereocenters. The Balaban J connectivity index is 3.84. The molecule has 0 spiro atoms. The van der Waals surface area contributed by atoms with Gasteiger partial charge in [-0.3, -0.25) is 0 Å². The number of halogens is 1. The van der Waals surface area contributed by atoms with Gasteiger partial charge >= 0.3 is 0 Å². The smallest absolute Gasteiger partial charge is 0.226 e. The van der Waals surface area contributed by atoms with E-state index in [1.54, 1.807) is 0 Å². The van der Waals surface area contributed by atoms with Crippen molar-refractivity contribution in [1.82, 2.24) is 4.98 Å². The normalized spacial score (nSPS) is 12.0. The van der Waals surface area contributed by atoms with E-state index >= 15 is 0 Å². The maximum absolute atomic E-state index is 6.62. The van der Waals surface area contributed by atoms with E-state index in [-0.39, 0.29) is 0 Å². The minimum absolute atomic E-state index is 1.03. The van der Waals surface area contributed by atoms with E-state index in [1.807, 2.05) is 0 Å². The first-order valence-corrected chi connectivity index (χ1v) is 9.05. The van der Waals surface area contributed by atoms with Crippen LogP contribution in [-0.2, 0) is 0 Å². The number of nitrogens with one attached hydrogen (secondary N) is 1. The van der Waals surface area contributed by atoms with Gasteiger partial charge in [-0.15, -0.1) is 11.1 Å². The van der Waals surface area contributed by atoms with Gasteiger partial charge in [-0.05, 0) is 18.6 Å². The van der Waals surface area contributed by atoms with E-state index in [0.29, 0.717) is 0 Å². The molecule has 0 heterocycles. The van der Waals surface area contributed by atoms with Crippen molar-refractivity contribution in [3.05, 3.63) is 0 Å². The molecule has 0 saturated carbocycles. The Kier molecular flexibility index (Phi) is 8.11. The average Bonchev–Trinajstić information content (AvgIpc) is 2.12. The molecule has 0 aromatic carbocycles. The van der Waals surface area contributed by atoms with Crippen molar-refractivity contribution in [3.8, 4) is 0 Å². The molecule has 0 aliphatic rings. The Bertz CT molecular complexity index is 111. The topological polar surface area (TPSA) is 12.0 Å². The van der Waals surface area contributed by atoms with Crippen molar-refractivity contribution in [2.75, 3.05) is 6.54 Å². The summed E-state index contributed by atoms with van der Waals surface area (Å²) >= 11 is 6.62. The van der Waals surface area contributed by atoms with Gasteiger partial charge in [0.05, 0.1) is 0 Å². The Morgan fingerprint density at radius 2 is 1.46 bits per heavy atom. The fourth-order valence-electron chi connectivity index (χ4n) is 1.53. The number of rotatable bonds is 8. The Morgan fingerprint density at radius 1 is 1.00 bits per heavy atom. The first kappa shape index (κ1) is 13.5. The van der Waals surface area contributed by atoms with Gasteiger partial charge in [-0.25, -0.2) is 0 Å². The fourth-order valence-corrected chi connectivity index (χ4v) is 5.80. The molecule has 0 aromatic heterocycles. The van der Waals surface area contributed by atoms with Gasteiger partial charge in [0, 0.05) is 0 Å². The molecule has 0 aromatic rings. The Labute approximate surface area is 89.0 Å². The molecule has 0 rings (SSSR count). The number of unbranched alkanes of at least 4 members (excludes halogenated alkanes) is 2. The van der Waals surface area contributed by atoms with Crippen LogP contribution in [-0.4, -0.2) is 14.1 Å². The van der Waals surface area contributed by atoms with Gasteiger partial charge in [0.2, 0.25) is 7.55 Å². The average molecular weight is 222 g/mol. The summed E-state index contributed by atoms with van der Waals surface area (Å²) in [4.78, 5) is 3.53. The van der Waals surface area contributed by atoms with Crippen LogP contribution in [0.15, 0.2) is 0 Å². The lowest BCUT2D eigenvalue weighted by atomic mass is 10.4. The molecular weight excluding hydrogens is 198 g/mol. The summed E-state index contributed by atoms with van der Waals surface area (Å²) < 4.78 is 0. The predicted molar refractivity (Wildman–Crippen MR) is 64.7 cm³/mol. The molecule has 1 N–H and O–H groups in total. The summed E-state index contributed by atoms with van der Waals surface area (Å²) in [7, 11) is -1.57. The second-order valence-corrected chi connectivity index (χ2v) is 9.16. The highest BCUT2D eigenvalue weighted by Crippen LogP contribution is 2.22. The molecule has 0 aliphatic heterocycles. The molecular formula is C10H24ClNSi. The lowest BCUT2D eigenvalue weighted by Gasteiger charge is -2.24. The first-order valence-electron chi connectivity index (χ1n) is 5.62. The van der Waals surface area contributed by atoms with E-state index in [2.05, 4.69) is 25.8 Å². The summed E-state index contributed by atoms with van der Waals surface area (Å²) in [6.07, 6.45) is 5.09. The lowest BCUT2D eigenvalue weighted by Crippen LogP contribution is -2.45. The van der Waals surface area contributed by atoms with Crippen LogP contribution >= 0.6 is 11.1 Å². The summed E-state index contributed by atoms with van der Waals surface area (Å²) in [5.74, 6) is 0. The van der Waals surface area contributed by atoms with Crippen LogP contribution in [0.4, 0.5) is 0 Å². The van der Waals surface area contributed by atoms with Gasteiger partial charge in [0.1, 0.15) is 0 Å². The molecule has 0 unspecified atom stereocenters. The fraction of sp³-hybridized carbons (Fsp3) is 1.00. The van der Waals surface area contributed by atoms with Crippen LogP contribution < -0.4 is 4.98 Å². The molecule has 0 fully saturated rings. The van der Waals surface area contributed by atoms with Crippen molar-refractivity contribution < 1.29 is 0 Å². The minimum atomic E-state index is -1.57. The maximum atomic E-state index is 6.62. The van der Waals surface area contributed by atoms with Gasteiger partial charge in [-0.1, -0.05) is 46.5 Å². The van der Waals surface area contributed by atoms with Crippen LogP contribution in [0, 0.1) is 0 Å². The molecule has 0 aliphatic carbocycles. The lowest BCUT2D eigenvalue weighted by molar-refractivity contribution is 0.806. The summed E-state index contributed by atoms with van der Waals surface area (Å²) in [6.45, 7) is 7.65. The zero-order valence-electron chi connectivity index (χ0n) is 9.33. The second kappa shape index (κ2) is 7.83. The van der Waals surface area contributed by atoms with Crippen LogP contribution in [0.3, 0.4) is 0 Å². The van der Waals surface area contributed by atoms with E-state index in [4.69, 9.17) is 11.1 Å². The van der Waals surface area contributed by atoms with Crippen LogP contribution in [0.2, 0.25) is 12.1 Å². The molecule has 0 amide bonds. The van der Waals surface area contributed by atoms with Gasteiger partial charge < -0.3 is 4.98 Å². The van der Waals surface area contributed by atoms with E-state index in [1.165, 1.54) is 37.8 Å². The zero-order valence-corrected chi connectivity index (χ0v) is 11.1. The zero-order chi connectivity index (χ0) is 10.2. The second-order valence-electron chi connectivity index (χ2n) is 3.70. The minimum Gasteiger partial charge on any atom is -0.326 e. The van der Waals surface area contributed by atoms with E-state index in [9.17, 15) is 0 Å². The predicted octanol–water partition coefficient (Wildman–Crippen LogP) is 3.88. The summed E-state index contributed by atoms with van der Waals surface area (Å²) in [5.41, 5.74) is 0. The van der Waals surface area contributed by atoms with Crippen molar-refractivity contribution in [2.24, 2.45) is 0 Å². The summed E-state index contributed by atoms with van der Waals surface area (Å²) in [5, 5.41) is 0. The summed E-state index contributed by atoms with van der Waals surface area (Å²) in [6, 6.07) is 2.47. The van der Waals surface area contributed by atoms with Gasteiger partial charge in [-0.2, -0.15) is 0 Å². The van der Waals surface area contributed by atoms with Crippen molar-refractivity contribution in [2.45, 2.75) is 58.5 Å². The van der Waals surface area contributed by atoms with Crippen LogP contribution in [0.25, 0.3) is 0 Å². The Hall–Kier alpha value is 0.467. The molecule has 3 heteroatoms. The molecule has 80 valence electrons. The highest BCUT2D eigenvalue weighted by atomic mass is 35.6. The molecule has 1 nitrogen and oxygen atoms in total. The third-order valence-electron chi connectivity index (χ3n) is 2.35.